The molecule has 0 radical (unpaired) electrons. The first-order valence-corrected chi connectivity index (χ1v) is 31.8. The first-order chi connectivity index (χ1) is 38.5. The molecule has 0 amide bonds. The second-order valence-electron chi connectivity index (χ2n) is 20.6. The summed E-state index contributed by atoms with van der Waals surface area (Å²) in [6, 6.07) is 0. The molecule has 440 valence electrons. The molecule has 6 nitrogen and oxygen atoms in total. The van der Waals surface area contributed by atoms with Crippen molar-refractivity contribution in [3.05, 3.63) is 146 Å². The Morgan fingerprint density at radius 2 is 0.500 bits per heavy atom. The zero-order valence-corrected chi connectivity index (χ0v) is 50.4. The van der Waals surface area contributed by atoms with Crippen LogP contribution in [0.2, 0.25) is 0 Å². The first kappa shape index (κ1) is 73.3. The van der Waals surface area contributed by atoms with Crippen LogP contribution in [-0.2, 0) is 28.6 Å². The van der Waals surface area contributed by atoms with Crippen LogP contribution in [-0.4, -0.2) is 37.2 Å². The molecule has 0 saturated carbocycles. The summed E-state index contributed by atoms with van der Waals surface area (Å²) in [6.07, 6.45) is 92.8. The number of carbonyl (C=O) groups is 3. The van der Waals surface area contributed by atoms with Gasteiger partial charge in [-0.3, -0.25) is 14.4 Å². The molecule has 0 N–H and O–H groups in total. The quantitative estimate of drug-likeness (QED) is 0.0261. The Bertz CT molecular complexity index is 1710. The molecular weight excluding hydrogens is 961 g/mol. The number of unbranched alkanes of at least 4 members (excludes halogenated alkanes) is 21. The van der Waals surface area contributed by atoms with Crippen LogP contribution in [0.1, 0.15) is 271 Å². The van der Waals surface area contributed by atoms with Crippen LogP contribution in [0.3, 0.4) is 0 Å². The monoisotopic (exact) mass is 1080 g/mol. The standard InChI is InChI=1S/C72H116O6/c1-4-7-10-13-16-19-22-25-27-29-31-33-34-35-36-37-38-40-41-43-45-47-50-53-56-59-62-65-71(74)77-68-69(67-76-70(73)64-61-58-55-52-49-24-21-18-15-12-9-6-3)78-72(75)66-63-60-57-54-51-48-46-44-42-39-32-30-28-26-23-20-17-14-11-8-5-2/h7-8,10-11,16-17,19-20,25-28,31-33,35-36,38-40,43,45,50,53,69H,4-6,9,12-15,18,21-24,29-30,34,37,41-42,44,46-49,51-52,54-68H2,1-3H3/b10-7-,11-8-,19-16-,20-17-,27-25-,28-26-,33-31-,36-35-,39-32-,40-38-,45-43-,53-50-. The van der Waals surface area contributed by atoms with Gasteiger partial charge in [0.05, 0.1) is 0 Å². The summed E-state index contributed by atoms with van der Waals surface area (Å²) in [6.45, 7) is 6.37. The molecule has 0 rings (SSSR count). The van der Waals surface area contributed by atoms with Crippen molar-refractivity contribution in [2.24, 2.45) is 0 Å². The van der Waals surface area contributed by atoms with Gasteiger partial charge in [-0.15, -0.1) is 0 Å². The number of allylic oxidation sites excluding steroid dienone is 24. The molecule has 78 heavy (non-hydrogen) atoms. The van der Waals surface area contributed by atoms with Crippen molar-refractivity contribution in [1.29, 1.82) is 0 Å². The molecule has 0 aromatic rings. The second kappa shape index (κ2) is 64.8. The lowest BCUT2D eigenvalue weighted by atomic mass is 10.0. The number of hydrogen-bond donors (Lipinski definition) is 0. The Balaban J connectivity index is 4.44. The van der Waals surface area contributed by atoms with Gasteiger partial charge >= 0.3 is 17.9 Å². The molecule has 6 heteroatoms. The van der Waals surface area contributed by atoms with E-state index in [1.54, 1.807) is 0 Å². The third-order valence-electron chi connectivity index (χ3n) is 13.1. The number of esters is 3. The average molecular weight is 1080 g/mol. The molecule has 0 fully saturated rings. The lowest BCUT2D eigenvalue weighted by Gasteiger charge is -2.18. The average Bonchev–Trinajstić information content (AvgIpc) is 3.44. The maximum absolute atomic E-state index is 12.9. The third-order valence-corrected chi connectivity index (χ3v) is 13.1. The van der Waals surface area contributed by atoms with Gasteiger partial charge in [0, 0.05) is 19.3 Å². The SMILES string of the molecule is CC/C=C\C/C=C\C/C=C\C/C=C\C/C=C\C/C=C\C/C=C\C/C=C\CCCCC(=O)OCC(COC(=O)CCCCCCCCCCCCCC)OC(=O)CCCCCCCCCC/C=C\C/C=C\C/C=C\C/C=C\CC. The van der Waals surface area contributed by atoms with Gasteiger partial charge in [-0.1, -0.05) is 276 Å². The Morgan fingerprint density at radius 3 is 0.808 bits per heavy atom. The highest BCUT2D eigenvalue weighted by molar-refractivity contribution is 5.71. The summed E-state index contributed by atoms with van der Waals surface area (Å²) >= 11 is 0. The summed E-state index contributed by atoms with van der Waals surface area (Å²) in [5, 5.41) is 0. The Morgan fingerprint density at radius 1 is 0.269 bits per heavy atom. The highest BCUT2D eigenvalue weighted by Crippen LogP contribution is 2.15. The van der Waals surface area contributed by atoms with E-state index < -0.39 is 6.10 Å². The molecule has 1 atom stereocenters. The minimum atomic E-state index is -0.806. The van der Waals surface area contributed by atoms with Crippen LogP contribution in [0.15, 0.2) is 146 Å². The summed E-state index contributed by atoms with van der Waals surface area (Å²) in [4.78, 5) is 38.3. The minimum absolute atomic E-state index is 0.0982. The summed E-state index contributed by atoms with van der Waals surface area (Å²) in [5.41, 5.74) is 0. The lowest BCUT2D eigenvalue weighted by molar-refractivity contribution is -0.167. The number of ether oxygens (including phenoxy) is 3. The van der Waals surface area contributed by atoms with E-state index in [0.717, 1.165) is 135 Å². The van der Waals surface area contributed by atoms with Crippen molar-refractivity contribution >= 4 is 17.9 Å². The number of carbonyl (C=O) groups excluding carboxylic acids is 3. The molecule has 0 aromatic heterocycles. The van der Waals surface area contributed by atoms with Crippen molar-refractivity contribution in [1.82, 2.24) is 0 Å². The molecule has 0 aromatic carbocycles. The fraction of sp³-hybridized carbons (Fsp3) is 0.625. The van der Waals surface area contributed by atoms with Gasteiger partial charge in [-0.05, 0) is 122 Å². The van der Waals surface area contributed by atoms with Crippen LogP contribution >= 0.6 is 0 Å². The number of rotatable bonds is 56. The molecule has 0 aliphatic rings. The van der Waals surface area contributed by atoms with E-state index in [1.807, 2.05) is 0 Å². The number of hydrogen-bond acceptors (Lipinski definition) is 6. The minimum Gasteiger partial charge on any atom is -0.462 e. The van der Waals surface area contributed by atoms with E-state index in [2.05, 4.69) is 167 Å². The van der Waals surface area contributed by atoms with Crippen molar-refractivity contribution in [2.45, 2.75) is 277 Å². The van der Waals surface area contributed by atoms with E-state index in [0.29, 0.717) is 25.7 Å². The van der Waals surface area contributed by atoms with Gasteiger partial charge in [-0.2, -0.15) is 0 Å². The molecule has 0 saturated heterocycles. The van der Waals surface area contributed by atoms with Gasteiger partial charge in [0.1, 0.15) is 13.2 Å². The molecular formula is C72H116O6. The van der Waals surface area contributed by atoms with Gasteiger partial charge in [0.15, 0.2) is 6.10 Å². The van der Waals surface area contributed by atoms with E-state index >= 15 is 0 Å². The smallest absolute Gasteiger partial charge is 0.306 e. The molecule has 0 aliphatic carbocycles. The Kier molecular flexibility index (Phi) is 60.9. The second-order valence-corrected chi connectivity index (χ2v) is 20.6. The van der Waals surface area contributed by atoms with Crippen molar-refractivity contribution in [3.63, 3.8) is 0 Å². The summed E-state index contributed by atoms with van der Waals surface area (Å²) in [5.74, 6) is -0.952. The van der Waals surface area contributed by atoms with Crippen LogP contribution in [0, 0.1) is 0 Å². The van der Waals surface area contributed by atoms with Crippen molar-refractivity contribution in [3.8, 4) is 0 Å². The summed E-state index contributed by atoms with van der Waals surface area (Å²) < 4.78 is 16.9. The maximum atomic E-state index is 12.9. The zero-order chi connectivity index (χ0) is 56.4. The molecule has 0 spiro atoms. The third kappa shape index (κ3) is 62.1. The van der Waals surface area contributed by atoms with E-state index in [9.17, 15) is 14.4 Å². The lowest BCUT2D eigenvalue weighted by Crippen LogP contribution is -2.30. The van der Waals surface area contributed by atoms with E-state index in [-0.39, 0.29) is 31.1 Å². The van der Waals surface area contributed by atoms with Crippen LogP contribution in [0.5, 0.6) is 0 Å². The van der Waals surface area contributed by atoms with Crippen molar-refractivity contribution in [2.75, 3.05) is 13.2 Å². The highest BCUT2D eigenvalue weighted by Gasteiger charge is 2.19. The van der Waals surface area contributed by atoms with Gasteiger partial charge in [-0.25, -0.2) is 0 Å². The zero-order valence-electron chi connectivity index (χ0n) is 50.4. The predicted octanol–water partition coefficient (Wildman–Crippen LogP) is 21.9. The van der Waals surface area contributed by atoms with Crippen molar-refractivity contribution < 1.29 is 28.6 Å². The fourth-order valence-corrected chi connectivity index (χ4v) is 8.39. The first-order valence-electron chi connectivity index (χ1n) is 31.8. The predicted molar refractivity (Wildman–Crippen MR) is 339 cm³/mol. The highest BCUT2D eigenvalue weighted by atomic mass is 16.6. The normalized spacial score (nSPS) is 13.1. The molecule has 0 heterocycles. The van der Waals surface area contributed by atoms with Gasteiger partial charge < -0.3 is 14.2 Å². The van der Waals surface area contributed by atoms with Crippen LogP contribution in [0.25, 0.3) is 0 Å². The Hall–Kier alpha value is -4.71. The summed E-state index contributed by atoms with van der Waals surface area (Å²) in [7, 11) is 0. The topological polar surface area (TPSA) is 78.9 Å². The maximum Gasteiger partial charge on any atom is 0.306 e. The van der Waals surface area contributed by atoms with E-state index in [1.165, 1.54) is 89.9 Å². The molecule has 1 unspecified atom stereocenters. The van der Waals surface area contributed by atoms with Crippen LogP contribution in [0.4, 0.5) is 0 Å². The molecule has 0 bridgehead atoms. The Labute approximate surface area is 480 Å². The van der Waals surface area contributed by atoms with E-state index in [4.69, 9.17) is 14.2 Å². The van der Waals surface area contributed by atoms with Gasteiger partial charge in [0.2, 0.25) is 0 Å². The molecule has 0 aliphatic heterocycles. The van der Waals surface area contributed by atoms with Crippen LogP contribution < -0.4 is 0 Å². The van der Waals surface area contributed by atoms with Gasteiger partial charge in [0.25, 0.3) is 0 Å². The largest absolute Gasteiger partial charge is 0.462 e. The fourth-order valence-electron chi connectivity index (χ4n) is 8.39.